The number of carbonyl (C=O) groups is 2. The van der Waals surface area contributed by atoms with Crippen LogP contribution in [-0.4, -0.2) is 58.7 Å². The number of benzene rings is 1. The molecule has 0 aliphatic heterocycles. The van der Waals surface area contributed by atoms with Crippen LogP contribution in [0.2, 0.25) is 0 Å². The Morgan fingerprint density at radius 3 is 2.15 bits per heavy atom. The van der Waals surface area contributed by atoms with E-state index in [0.717, 1.165) is 25.3 Å². The Morgan fingerprint density at radius 2 is 1.76 bits per heavy atom. The Morgan fingerprint density at radius 1 is 1.18 bits per heavy atom. The van der Waals surface area contributed by atoms with Crippen LogP contribution in [0.5, 0.6) is 0 Å². The summed E-state index contributed by atoms with van der Waals surface area (Å²) in [6.07, 6.45) is 4.11. The predicted molar refractivity (Wildman–Crippen MR) is 109 cm³/mol. The molecule has 0 bridgehead atoms. The number of H-pyrrole nitrogens is 2. The molecule has 1 atom stereocenters. The number of nitrogens with one attached hydrogen (secondary N) is 4. The van der Waals surface area contributed by atoms with Gasteiger partial charge in [0.25, 0.3) is 0 Å². The van der Waals surface area contributed by atoms with E-state index < -0.39 is 12.2 Å². The number of aromatic nitrogens is 4. The van der Waals surface area contributed by atoms with Crippen LogP contribution < -0.4 is 5.57 Å². The number of hydrogen-bond donors (Lipinski definition) is 2. The number of ether oxygens (including phenoxy) is 2. The molecule has 16 heteroatoms. The first-order valence-electron chi connectivity index (χ1n) is 7.71. The predicted octanol–water partition coefficient (Wildman–Crippen LogP) is 2.20. The summed E-state index contributed by atoms with van der Waals surface area (Å²) in [7, 11) is 2.33. The van der Waals surface area contributed by atoms with Crippen molar-refractivity contribution < 1.29 is 86.8 Å². The fourth-order valence-electron chi connectivity index (χ4n) is 1.44. The van der Waals surface area contributed by atoms with Gasteiger partial charge in [-0.15, -0.1) is 18.3 Å². The number of hydrogen-bond acceptors (Lipinski definition) is 8. The summed E-state index contributed by atoms with van der Waals surface area (Å²) < 4.78 is 7.56. The van der Waals surface area contributed by atoms with Crippen LogP contribution >= 0.6 is 8.58 Å². The molecule has 2 amide bonds. The SMILES string of the molecule is COC([NH-])=O.COC([NH-])=O.O=[C-]Cc1nc2c[c-]ccc2[nH]1.O=[C-]Pc1n[c-]c[nH]1.[V+2].[V+2].[W+2]. The van der Waals surface area contributed by atoms with E-state index in [1.807, 2.05) is 6.07 Å². The first-order valence-corrected chi connectivity index (χ1v) is 8.71. The molecule has 4 N–H and O–H groups in total. The van der Waals surface area contributed by atoms with Gasteiger partial charge in [-0.25, -0.2) is 6.03 Å². The average molecular weight is 718 g/mol. The first-order chi connectivity index (χ1) is 14.4. The zero-order valence-corrected chi connectivity index (χ0v) is 23.9. The topological polar surface area (TPSA) is 192 Å². The van der Waals surface area contributed by atoms with Gasteiger partial charge in [0.2, 0.25) is 12.2 Å². The van der Waals surface area contributed by atoms with Crippen molar-refractivity contribution in [2.75, 3.05) is 14.2 Å². The summed E-state index contributed by atoms with van der Waals surface area (Å²) in [5.41, 5.74) is 14.3. The van der Waals surface area contributed by atoms with Gasteiger partial charge < -0.3 is 50.5 Å². The summed E-state index contributed by atoms with van der Waals surface area (Å²) in [6, 6.07) is 10.1. The van der Waals surface area contributed by atoms with Crippen LogP contribution in [0.4, 0.5) is 9.59 Å². The van der Waals surface area contributed by atoms with Gasteiger partial charge in [-0.2, -0.15) is 12.1 Å². The van der Waals surface area contributed by atoms with Gasteiger partial charge in [0.05, 0.1) is 20.0 Å². The minimum absolute atomic E-state index is 0. The Kier molecular flexibility index (Phi) is 28.7. The van der Waals surface area contributed by atoms with E-state index in [9.17, 15) is 19.2 Å². The normalized spacial score (nSPS) is 8.30. The third-order valence-electron chi connectivity index (χ3n) is 2.61. The largest absolute Gasteiger partial charge is 2.00 e. The molecule has 0 fully saturated rings. The maximum atomic E-state index is 10.1. The van der Waals surface area contributed by atoms with E-state index in [4.69, 9.17) is 11.5 Å². The molecule has 0 saturated heterocycles. The molecule has 0 spiro atoms. The van der Waals surface area contributed by atoms with E-state index in [-0.39, 0.29) is 73.2 Å². The molecule has 0 saturated carbocycles. The van der Waals surface area contributed by atoms with Gasteiger partial charge in [-0.3, -0.25) is 24.5 Å². The quantitative estimate of drug-likeness (QED) is 0.303. The molecule has 1 unspecified atom stereocenters. The van der Waals surface area contributed by atoms with Crippen molar-refractivity contribution in [2.24, 2.45) is 0 Å². The summed E-state index contributed by atoms with van der Waals surface area (Å²) in [5.74, 6) is 0.652. The second-order valence-electron chi connectivity index (χ2n) is 4.54. The van der Waals surface area contributed by atoms with Crippen LogP contribution in [0.15, 0.2) is 24.4 Å². The molecular weight excluding hydrogens is 701 g/mol. The number of imidazole rings is 2. The summed E-state index contributed by atoms with van der Waals surface area (Å²) >= 11 is 0. The average Bonchev–Trinajstić information content (AvgIpc) is 3.39. The van der Waals surface area contributed by atoms with E-state index in [2.05, 4.69) is 41.7 Å². The zero-order chi connectivity index (χ0) is 22.8. The Labute approximate surface area is 229 Å². The van der Waals surface area contributed by atoms with Gasteiger partial charge in [-0.05, 0) is 11.0 Å². The molecule has 0 aliphatic carbocycles. The number of amides is 2. The number of aromatic amines is 2. The minimum atomic E-state index is -0.995. The molecule has 2 radical (unpaired) electrons. The van der Waals surface area contributed by atoms with Crippen molar-refractivity contribution in [3.05, 3.63) is 54.0 Å². The molecule has 2 aromatic heterocycles. The second-order valence-corrected chi connectivity index (χ2v) is 5.46. The fourth-order valence-corrected chi connectivity index (χ4v) is 1.80. The van der Waals surface area contributed by atoms with Crippen molar-refractivity contribution in [2.45, 2.75) is 6.42 Å². The van der Waals surface area contributed by atoms with Crippen LogP contribution in [0.1, 0.15) is 5.82 Å². The second kappa shape index (κ2) is 24.7. The van der Waals surface area contributed by atoms with Crippen molar-refractivity contribution in [1.82, 2.24) is 19.9 Å². The Balaban J connectivity index is -0.000000178. The smallest absolute Gasteiger partial charge is 0.632 e. The number of carbonyl (C=O) groups excluding carboxylic acids is 4. The minimum Gasteiger partial charge on any atom is -0.632 e. The Hall–Kier alpha value is -1.93. The molecule has 1 aromatic carbocycles. The van der Waals surface area contributed by atoms with Crippen LogP contribution in [0.3, 0.4) is 0 Å². The van der Waals surface area contributed by atoms with Gasteiger partial charge >= 0.3 is 58.2 Å². The van der Waals surface area contributed by atoms with E-state index in [1.54, 1.807) is 30.6 Å². The monoisotopic (exact) mass is 718 g/mol. The van der Waals surface area contributed by atoms with Crippen molar-refractivity contribution in [1.29, 1.82) is 0 Å². The molecule has 3 rings (SSSR count). The molecule has 0 aliphatic rings. The van der Waals surface area contributed by atoms with Crippen molar-refractivity contribution in [3.63, 3.8) is 0 Å². The maximum absolute atomic E-state index is 10.1. The third kappa shape index (κ3) is 20.4. The summed E-state index contributed by atoms with van der Waals surface area (Å²) in [5, 5.41) is 0. The molecule has 2 heterocycles. The van der Waals surface area contributed by atoms with E-state index >= 15 is 0 Å². The number of nitrogens with zero attached hydrogens (tertiary/aromatic N) is 2. The van der Waals surface area contributed by atoms with Crippen LogP contribution in [0.25, 0.3) is 22.5 Å². The van der Waals surface area contributed by atoms with Crippen molar-refractivity contribution in [3.8, 4) is 0 Å². The first kappa shape index (κ1) is 38.3. The molecule has 172 valence electrons. The van der Waals surface area contributed by atoms with Gasteiger partial charge in [0.15, 0.2) is 0 Å². The zero-order valence-electron chi connectivity index (χ0n) is 17.2. The van der Waals surface area contributed by atoms with Gasteiger partial charge in [0.1, 0.15) is 0 Å². The van der Waals surface area contributed by atoms with Crippen molar-refractivity contribution >= 4 is 49.7 Å². The maximum Gasteiger partial charge on any atom is 2.00 e. The molecule has 12 nitrogen and oxygen atoms in total. The molecule has 33 heavy (non-hydrogen) atoms. The number of fused-ring (bicyclic) bond motifs is 1. The standard InChI is InChI=1S/C9H6N2O.C4H3N2OP.2C2H5NO2.2V.W/c12-6-5-9-10-7-3-1-2-4-8(7)11-9;7-3-8-4-5-1-2-6-4;2*1-5-2(3)4;;;/h1,3-4H,5H2,(H,10,11);1,8H,(H,5,6);2*1H3,(H2,3,4);;;/q2*-2;;;3*+2/p-2. The fraction of sp³-hybridized carbons (Fsp3) is 0.176. The Bertz CT molecular complexity index is 869. The van der Waals surface area contributed by atoms with E-state index in [1.165, 1.54) is 0 Å². The molecule has 3 aromatic rings. The van der Waals surface area contributed by atoms with Crippen LogP contribution in [0, 0.1) is 12.3 Å². The van der Waals surface area contributed by atoms with Gasteiger partial charge in [-0.1, -0.05) is 18.2 Å². The van der Waals surface area contributed by atoms with Gasteiger partial charge in [0, 0.05) is 0 Å². The third-order valence-corrected chi connectivity index (χ3v) is 3.20. The number of rotatable bonds is 4. The van der Waals surface area contributed by atoms with E-state index in [0.29, 0.717) is 11.4 Å². The summed E-state index contributed by atoms with van der Waals surface area (Å²) in [4.78, 5) is 51.8. The number of methoxy groups -OCH3 is 2. The summed E-state index contributed by atoms with van der Waals surface area (Å²) in [6.45, 7) is 0. The molecular formula is C17H17N6O6PV2W. The van der Waals surface area contributed by atoms with Crippen LogP contribution in [-0.2, 0) is 83.7 Å².